The molecule has 0 bridgehead atoms. The van der Waals surface area contributed by atoms with E-state index in [0.29, 0.717) is 0 Å². The number of hydrogen-bond acceptors (Lipinski definition) is 10. The second kappa shape index (κ2) is 6.59. The summed E-state index contributed by atoms with van der Waals surface area (Å²) >= 11 is 0. The molecule has 0 aromatic carbocycles. The first-order chi connectivity index (χ1) is 12.3. The molecule has 0 saturated carbocycles. The molecule has 26 heavy (non-hydrogen) atoms. The molecule has 0 aliphatic carbocycles. The Morgan fingerprint density at radius 2 is 1.88 bits per heavy atom. The zero-order chi connectivity index (χ0) is 18.7. The lowest BCUT2D eigenvalue weighted by atomic mass is 9.84. The molecule has 4 heterocycles. The molecule has 0 aromatic rings. The van der Waals surface area contributed by atoms with Crippen molar-refractivity contribution in [2.75, 3.05) is 20.5 Å². The first-order valence-electron chi connectivity index (χ1n) is 8.75. The molecule has 4 aliphatic rings. The third-order valence-electron chi connectivity index (χ3n) is 5.32. The Morgan fingerprint density at radius 1 is 1.12 bits per heavy atom. The lowest BCUT2D eigenvalue weighted by Crippen LogP contribution is -2.72. The van der Waals surface area contributed by atoms with Crippen LogP contribution >= 0.6 is 0 Å². The van der Waals surface area contributed by atoms with Gasteiger partial charge in [-0.2, -0.15) is 0 Å². The van der Waals surface area contributed by atoms with Gasteiger partial charge in [0.2, 0.25) is 5.79 Å². The normalized spacial score (nSPS) is 52.4. The van der Waals surface area contributed by atoms with E-state index in [2.05, 4.69) is 0 Å². The number of aliphatic hydroxyl groups excluding tert-OH is 2. The molecule has 2 unspecified atom stereocenters. The molecule has 9 atom stereocenters. The Labute approximate surface area is 150 Å². The summed E-state index contributed by atoms with van der Waals surface area (Å²) in [7, 11) is 1.43. The van der Waals surface area contributed by atoms with Gasteiger partial charge in [-0.05, 0) is 13.8 Å². The fourth-order valence-corrected chi connectivity index (χ4v) is 4.18. The zero-order valence-electron chi connectivity index (χ0n) is 14.9. The number of hydrogen-bond donors (Lipinski definition) is 3. The summed E-state index contributed by atoms with van der Waals surface area (Å²) in [6.45, 7) is 3.01. The molecule has 0 amide bonds. The van der Waals surface area contributed by atoms with E-state index in [1.807, 2.05) is 0 Å². The van der Waals surface area contributed by atoms with Crippen molar-refractivity contribution in [2.24, 2.45) is 0 Å². The Hall–Kier alpha value is -0.400. The lowest BCUT2D eigenvalue weighted by molar-refractivity contribution is -0.410. The third-order valence-corrected chi connectivity index (χ3v) is 5.32. The van der Waals surface area contributed by atoms with Gasteiger partial charge >= 0.3 is 0 Å². The molecule has 4 rings (SSSR count). The maximum atomic E-state index is 11.1. The van der Waals surface area contributed by atoms with Crippen LogP contribution in [-0.4, -0.2) is 96.4 Å². The van der Waals surface area contributed by atoms with Crippen molar-refractivity contribution in [3.05, 3.63) is 0 Å². The van der Waals surface area contributed by atoms with Crippen LogP contribution in [-0.2, 0) is 33.2 Å². The predicted octanol–water partition coefficient (Wildman–Crippen LogP) is -1.55. The summed E-state index contributed by atoms with van der Waals surface area (Å²) in [6.07, 6.45) is -6.15. The molecule has 4 fully saturated rings. The van der Waals surface area contributed by atoms with Gasteiger partial charge in [0.05, 0.1) is 12.7 Å². The average molecular weight is 378 g/mol. The molecule has 4 aliphatic heterocycles. The van der Waals surface area contributed by atoms with Crippen LogP contribution in [0.2, 0.25) is 0 Å². The van der Waals surface area contributed by atoms with Gasteiger partial charge in [-0.15, -0.1) is 0 Å². The Morgan fingerprint density at radius 3 is 2.58 bits per heavy atom. The van der Waals surface area contributed by atoms with Crippen molar-refractivity contribution < 1.29 is 48.5 Å². The van der Waals surface area contributed by atoms with Crippen LogP contribution in [0.4, 0.5) is 0 Å². The van der Waals surface area contributed by atoms with Crippen LogP contribution in [0.3, 0.4) is 0 Å². The van der Waals surface area contributed by atoms with Gasteiger partial charge in [0.1, 0.15) is 43.4 Å². The maximum Gasteiger partial charge on any atom is 0.222 e. The average Bonchev–Trinajstić information content (AvgIpc) is 3.04. The van der Waals surface area contributed by atoms with Crippen LogP contribution in [0, 0.1) is 0 Å². The highest BCUT2D eigenvalue weighted by Crippen LogP contribution is 2.48. The summed E-state index contributed by atoms with van der Waals surface area (Å²) in [5.41, 5.74) is 0. The predicted molar refractivity (Wildman–Crippen MR) is 81.6 cm³/mol. The molecule has 10 nitrogen and oxygen atoms in total. The van der Waals surface area contributed by atoms with E-state index in [9.17, 15) is 15.3 Å². The number of aliphatic hydroxyl groups is 3. The molecule has 0 aromatic heterocycles. The maximum absolute atomic E-state index is 11.1. The minimum absolute atomic E-state index is 0.132. The summed E-state index contributed by atoms with van der Waals surface area (Å²) in [5.74, 6) is -2.85. The number of rotatable bonds is 4. The zero-order valence-corrected chi connectivity index (χ0v) is 14.9. The van der Waals surface area contributed by atoms with Crippen molar-refractivity contribution in [2.45, 2.75) is 80.9 Å². The van der Waals surface area contributed by atoms with E-state index in [0.717, 1.165) is 0 Å². The standard InChI is InChI=1S/C16H26O10/c1-15(2)24-12-10-7(23-14(12)26-15)4-9-16(19,25-10)13(18)11(21-6-20-3)8(5-17)22-9/h7-14,17-19H,4-6H2,1-3H3/t7-,8-,9?,10+,11-,12-,13+,14-,16?/m1/s1. The van der Waals surface area contributed by atoms with E-state index in [1.165, 1.54) is 7.11 Å². The smallest absolute Gasteiger partial charge is 0.222 e. The third kappa shape index (κ3) is 2.89. The van der Waals surface area contributed by atoms with E-state index in [1.54, 1.807) is 13.8 Å². The molecule has 0 radical (unpaired) electrons. The van der Waals surface area contributed by atoms with Crippen molar-refractivity contribution in [1.29, 1.82) is 0 Å². The molecule has 0 spiro atoms. The van der Waals surface area contributed by atoms with E-state index in [-0.39, 0.29) is 13.2 Å². The molecular weight excluding hydrogens is 352 g/mol. The monoisotopic (exact) mass is 378 g/mol. The van der Waals surface area contributed by atoms with E-state index < -0.39 is 67.2 Å². The molecule has 150 valence electrons. The first kappa shape index (κ1) is 18.9. The molecule has 10 heteroatoms. The molecule has 4 saturated heterocycles. The summed E-state index contributed by atoms with van der Waals surface area (Å²) in [6, 6.07) is 0. The highest BCUT2D eigenvalue weighted by Gasteiger charge is 2.66. The quantitative estimate of drug-likeness (QED) is 0.495. The second-order valence-electron chi connectivity index (χ2n) is 7.54. The fraction of sp³-hybridized carbons (Fsp3) is 1.00. The lowest BCUT2D eigenvalue weighted by Gasteiger charge is -2.53. The highest BCUT2D eigenvalue weighted by atomic mass is 16.8. The molecule has 3 N–H and O–H groups in total. The SMILES string of the molecule is COCO[C@@H]1[C@@H](CO)OC2C[C@H]3O[C@@H]4OC(C)(C)O[C@@H]4[C@H]3OC2(O)[C@H]1O. The largest absolute Gasteiger partial charge is 0.394 e. The summed E-state index contributed by atoms with van der Waals surface area (Å²) in [5, 5.41) is 31.4. The van der Waals surface area contributed by atoms with Crippen molar-refractivity contribution in [3.8, 4) is 0 Å². The molecular formula is C16H26O10. The van der Waals surface area contributed by atoms with Crippen molar-refractivity contribution in [1.82, 2.24) is 0 Å². The van der Waals surface area contributed by atoms with Crippen molar-refractivity contribution >= 4 is 0 Å². The van der Waals surface area contributed by atoms with Gasteiger partial charge in [-0.25, -0.2) is 0 Å². The van der Waals surface area contributed by atoms with E-state index in [4.69, 9.17) is 33.2 Å². The van der Waals surface area contributed by atoms with Crippen LogP contribution in [0.25, 0.3) is 0 Å². The number of methoxy groups -OCH3 is 1. The summed E-state index contributed by atoms with van der Waals surface area (Å²) < 4.78 is 39.3. The topological polar surface area (TPSA) is 125 Å². The number of fused-ring (bicyclic) bond motifs is 4. The summed E-state index contributed by atoms with van der Waals surface area (Å²) in [4.78, 5) is 0. The number of ether oxygens (including phenoxy) is 7. The fourth-order valence-electron chi connectivity index (χ4n) is 4.18. The van der Waals surface area contributed by atoms with Crippen molar-refractivity contribution in [3.63, 3.8) is 0 Å². The van der Waals surface area contributed by atoms with Gasteiger partial charge in [0.15, 0.2) is 12.1 Å². The minimum Gasteiger partial charge on any atom is -0.394 e. The van der Waals surface area contributed by atoms with Gasteiger partial charge in [0, 0.05) is 13.5 Å². The van der Waals surface area contributed by atoms with Crippen LogP contribution in [0.5, 0.6) is 0 Å². The first-order valence-corrected chi connectivity index (χ1v) is 8.75. The second-order valence-corrected chi connectivity index (χ2v) is 7.54. The van der Waals surface area contributed by atoms with Crippen LogP contribution in [0.15, 0.2) is 0 Å². The Bertz CT molecular complexity index is 529. The van der Waals surface area contributed by atoms with Gasteiger partial charge in [0.25, 0.3) is 0 Å². The van der Waals surface area contributed by atoms with E-state index >= 15 is 0 Å². The Kier molecular flexibility index (Phi) is 4.80. The van der Waals surface area contributed by atoms with Crippen LogP contribution in [0.1, 0.15) is 20.3 Å². The minimum atomic E-state index is -2.03. The van der Waals surface area contributed by atoms with Gasteiger partial charge in [-0.3, -0.25) is 0 Å². The van der Waals surface area contributed by atoms with Crippen LogP contribution < -0.4 is 0 Å². The van der Waals surface area contributed by atoms with Gasteiger partial charge in [-0.1, -0.05) is 0 Å². The highest BCUT2D eigenvalue weighted by molar-refractivity contribution is 5.07. The Balaban J connectivity index is 1.55. The van der Waals surface area contributed by atoms with Gasteiger partial charge < -0.3 is 48.5 Å².